The van der Waals surface area contributed by atoms with E-state index in [1.807, 2.05) is 24.3 Å². The van der Waals surface area contributed by atoms with Gasteiger partial charge in [-0.25, -0.2) is 4.98 Å². The van der Waals surface area contributed by atoms with E-state index in [1.165, 1.54) is 5.56 Å². The molecule has 0 spiro atoms. The van der Waals surface area contributed by atoms with Crippen LogP contribution in [0.5, 0.6) is 0 Å². The number of fused-ring (bicyclic) bond motifs is 1. The lowest BCUT2D eigenvalue weighted by Crippen LogP contribution is -1.92. The number of rotatable bonds is 2. The average Bonchev–Trinajstić information content (AvgIpc) is 2.81. The SMILES string of the molecule is CCc1ccc(-c2nc3cc(Cl)ccc3o2)c(N)c1. The van der Waals surface area contributed by atoms with Crippen molar-refractivity contribution in [2.75, 3.05) is 5.73 Å². The lowest BCUT2D eigenvalue weighted by molar-refractivity contribution is 0.620. The van der Waals surface area contributed by atoms with E-state index in [4.69, 9.17) is 21.8 Å². The van der Waals surface area contributed by atoms with Crippen LogP contribution in [0.4, 0.5) is 5.69 Å². The van der Waals surface area contributed by atoms with Gasteiger partial charge in [-0.15, -0.1) is 0 Å². The Kier molecular flexibility index (Phi) is 2.91. The lowest BCUT2D eigenvalue weighted by Gasteiger charge is -2.03. The highest BCUT2D eigenvalue weighted by Gasteiger charge is 2.11. The van der Waals surface area contributed by atoms with Gasteiger partial charge < -0.3 is 10.2 Å². The van der Waals surface area contributed by atoms with Crippen LogP contribution in [0.1, 0.15) is 12.5 Å². The number of nitrogen functional groups attached to an aromatic ring is 1. The summed E-state index contributed by atoms with van der Waals surface area (Å²) in [6.45, 7) is 2.09. The highest BCUT2D eigenvalue weighted by molar-refractivity contribution is 6.31. The zero-order valence-electron chi connectivity index (χ0n) is 10.5. The van der Waals surface area contributed by atoms with Gasteiger partial charge in [0.2, 0.25) is 5.89 Å². The monoisotopic (exact) mass is 272 g/mol. The molecular formula is C15H13ClN2O. The molecule has 0 unspecified atom stereocenters. The van der Waals surface area contributed by atoms with Gasteiger partial charge >= 0.3 is 0 Å². The molecule has 0 atom stereocenters. The Morgan fingerprint density at radius 1 is 1.21 bits per heavy atom. The molecule has 1 aromatic heterocycles. The van der Waals surface area contributed by atoms with Gasteiger partial charge in [-0.1, -0.05) is 24.6 Å². The Hall–Kier alpha value is -2.00. The van der Waals surface area contributed by atoms with Crippen LogP contribution in [0, 0.1) is 0 Å². The molecule has 0 aliphatic carbocycles. The maximum Gasteiger partial charge on any atom is 0.229 e. The van der Waals surface area contributed by atoms with E-state index >= 15 is 0 Å². The fraction of sp³-hybridized carbons (Fsp3) is 0.133. The third-order valence-electron chi connectivity index (χ3n) is 3.10. The number of hydrogen-bond acceptors (Lipinski definition) is 3. The molecule has 0 saturated carbocycles. The Labute approximate surface area is 116 Å². The van der Waals surface area contributed by atoms with Crippen molar-refractivity contribution >= 4 is 28.4 Å². The molecule has 3 rings (SSSR count). The van der Waals surface area contributed by atoms with Gasteiger partial charge in [-0.05, 0) is 42.3 Å². The number of nitrogens with two attached hydrogens (primary N) is 1. The summed E-state index contributed by atoms with van der Waals surface area (Å²) in [4.78, 5) is 4.43. The van der Waals surface area contributed by atoms with E-state index in [9.17, 15) is 0 Å². The first kappa shape index (κ1) is 12.1. The van der Waals surface area contributed by atoms with Crippen molar-refractivity contribution in [3.8, 4) is 11.5 Å². The number of anilines is 1. The molecule has 2 N–H and O–H groups in total. The molecule has 0 bridgehead atoms. The summed E-state index contributed by atoms with van der Waals surface area (Å²) in [6, 6.07) is 11.3. The van der Waals surface area contributed by atoms with Crippen LogP contribution in [0.25, 0.3) is 22.6 Å². The molecule has 0 radical (unpaired) electrons. The van der Waals surface area contributed by atoms with Crippen LogP contribution in [0.2, 0.25) is 5.02 Å². The van der Waals surface area contributed by atoms with Crippen LogP contribution >= 0.6 is 11.6 Å². The molecule has 0 fully saturated rings. The molecule has 2 aromatic carbocycles. The zero-order valence-corrected chi connectivity index (χ0v) is 11.2. The van der Waals surface area contributed by atoms with Crippen LogP contribution in [-0.4, -0.2) is 4.98 Å². The number of benzene rings is 2. The van der Waals surface area contributed by atoms with Gasteiger partial charge in [0.15, 0.2) is 5.58 Å². The predicted molar refractivity (Wildman–Crippen MR) is 78.2 cm³/mol. The molecule has 3 aromatic rings. The van der Waals surface area contributed by atoms with Gasteiger partial charge in [-0.2, -0.15) is 0 Å². The van der Waals surface area contributed by atoms with E-state index in [0.29, 0.717) is 22.2 Å². The van der Waals surface area contributed by atoms with E-state index in [1.54, 1.807) is 12.1 Å². The first-order valence-electron chi connectivity index (χ1n) is 6.12. The van der Waals surface area contributed by atoms with Crippen LogP contribution in [-0.2, 0) is 6.42 Å². The largest absolute Gasteiger partial charge is 0.436 e. The van der Waals surface area contributed by atoms with Gasteiger partial charge in [0.05, 0.1) is 5.56 Å². The average molecular weight is 273 g/mol. The summed E-state index contributed by atoms with van der Waals surface area (Å²) in [5.74, 6) is 0.525. The van der Waals surface area contributed by atoms with Gasteiger partial charge in [-0.3, -0.25) is 0 Å². The molecule has 96 valence electrons. The standard InChI is InChI=1S/C15H13ClN2O/c1-2-9-3-5-11(12(17)7-9)15-18-13-8-10(16)4-6-14(13)19-15/h3-8H,2,17H2,1H3. The van der Waals surface area contributed by atoms with Gasteiger partial charge in [0, 0.05) is 10.7 Å². The third-order valence-corrected chi connectivity index (χ3v) is 3.34. The summed E-state index contributed by atoms with van der Waals surface area (Å²) >= 11 is 5.94. The normalized spacial score (nSPS) is 11.1. The van der Waals surface area contributed by atoms with E-state index < -0.39 is 0 Å². The summed E-state index contributed by atoms with van der Waals surface area (Å²) in [7, 11) is 0. The third kappa shape index (κ3) is 2.17. The zero-order chi connectivity index (χ0) is 13.4. The first-order valence-corrected chi connectivity index (χ1v) is 6.50. The molecule has 0 saturated heterocycles. The molecule has 0 amide bonds. The predicted octanol–water partition coefficient (Wildman–Crippen LogP) is 4.29. The quantitative estimate of drug-likeness (QED) is 0.708. The minimum absolute atomic E-state index is 0.525. The van der Waals surface area contributed by atoms with Crippen LogP contribution < -0.4 is 5.73 Å². The minimum atomic E-state index is 0.525. The molecule has 19 heavy (non-hydrogen) atoms. The number of aryl methyl sites for hydroxylation is 1. The number of hydrogen-bond donors (Lipinski definition) is 1. The van der Waals surface area contributed by atoms with Crippen molar-refractivity contribution in [1.82, 2.24) is 4.98 Å². The van der Waals surface area contributed by atoms with E-state index in [2.05, 4.69) is 11.9 Å². The Morgan fingerprint density at radius 3 is 2.79 bits per heavy atom. The highest BCUT2D eigenvalue weighted by atomic mass is 35.5. The smallest absolute Gasteiger partial charge is 0.229 e. The number of halogens is 1. The number of aromatic nitrogens is 1. The van der Waals surface area contributed by atoms with Gasteiger partial charge in [0.1, 0.15) is 5.52 Å². The maximum atomic E-state index is 6.05. The Balaban J connectivity index is 2.13. The van der Waals surface area contributed by atoms with Crippen LogP contribution in [0.3, 0.4) is 0 Å². The fourth-order valence-electron chi connectivity index (χ4n) is 2.04. The summed E-state index contributed by atoms with van der Waals surface area (Å²) in [6.07, 6.45) is 0.952. The minimum Gasteiger partial charge on any atom is -0.436 e. The van der Waals surface area contributed by atoms with E-state index in [-0.39, 0.29) is 0 Å². The second-order valence-corrected chi connectivity index (χ2v) is 4.84. The van der Waals surface area contributed by atoms with Crippen molar-refractivity contribution in [3.63, 3.8) is 0 Å². The van der Waals surface area contributed by atoms with Crippen molar-refractivity contribution in [2.45, 2.75) is 13.3 Å². The Morgan fingerprint density at radius 2 is 2.05 bits per heavy atom. The fourth-order valence-corrected chi connectivity index (χ4v) is 2.21. The second-order valence-electron chi connectivity index (χ2n) is 4.41. The Bertz CT molecular complexity index is 749. The summed E-state index contributed by atoms with van der Waals surface area (Å²) < 4.78 is 5.71. The molecular weight excluding hydrogens is 260 g/mol. The molecule has 0 aliphatic rings. The number of nitrogens with zero attached hydrogens (tertiary/aromatic N) is 1. The second kappa shape index (κ2) is 4.59. The van der Waals surface area contributed by atoms with Crippen molar-refractivity contribution in [3.05, 3.63) is 47.0 Å². The number of oxazole rings is 1. The van der Waals surface area contributed by atoms with Crippen molar-refractivity contribution in [1.29, 1.82) is 0 Å². The summed E-state index contributed by atoms with van der Waals surface area (Å²) in [5, 5.41) is 0.640. The van der Waals surface area contributed by atoms with Gasteiger partial charge in [0.25, 0.3) is 0 Å². The molecule has 0 aliphatic heterocycles. The molecule has 4 heteroatoms. The molecule has 1 heterocycles. The molecule has 3 nitrogen and oxygen atoms in total. The van der Waals surface area contributed by atoms with Crippen molar-refractivity contribution in [2.24, 2.45) is 0 Å². The van der Waals surface area contributed by atoms with Crippen molar-refractivity contribution < 1.29 is 4.42 Å². The van der Waals surface area contributed by atoms with Crippen LogP contribution in [0.15, 0.2) is 40.8 Å². The topological polar surface area (TPSA) is 52.0 Å². The summed E-state index contributed by atoms with van der Waals surface area (Å²) in [5.41, 5.74) is 10.2. The first-order chi connectivity index (χ1) is 9.17. The maximum absolute atomic E-state index is 6.05. The van der Waals surface area contributed by atoms with E-state index in [0.717, 1.165) is 17.5 Å². The highest BCUT2D eigenvalue weighted by Crippen LogP contribution is 2.30. The lowest BCUT2D eigenvalue weighted by atomic mass is 10.1.